The highest BCUT2D eigenvalue weighted by Crippen LogP contribution is 2.21. The minimum absolute atomic E-state index is 0.565. The van der Waals surface area contributed by atoms with E-state index in [0.29, 0.717) is 5.92 Å². The van der Waals surface area contributed by atoms with Gasteiger partial charge in [-0.15, -0.1) is 6.58 Å². The van der Waals surface area contributed by atoms with Crippen molar-refractivity contribution in [1.29, 1.82) is 0 Å². The summed E-state index contributed by atoms with van der Waals surface area (Å²) in [6.45, 7) is 14.2. The van der Waals surface area contributed by atoms with Gasteiger partial charge in [0.25, 0.3) is 0 Å². The third-order valence-corrected chi connectivity index (χ3v) is 3.20. The van der Waals surface area contributed by atoms with Gasteiger partial charge in [-0.25, -0.2) is 0 Å². The number of thioether (sulfide) groups is 1. The van der Waals surface area contributed by atoms with Gasteiger partial charge in [0.2, 0.25) is 0 Å². The number of rotatable bonds is 9. The number of likely N-dealkylation sites (N-methyl/N-ethyl adjacent to an activating group) is 1. The van der Waals surface area contributed by atoms with Crippen molar-refractivity contribution < 1.29 is 0 Å². The third kappa shape index (κ3) is 9.07. The van der Waals surface area contributed by atoms with Crippen molar-refractivity contribution in [3.63, 3.8) is 0 Å². The number of allylic oxidation sites excluding steroid dienone is 2. The fraction of sp³-hybridized carbons (Fsp3) is 0.571. The lowest BCUT2D eigenvalue weighted by Crippen LogP contribution is -2.24. The molecule has 1 N–H and O–H groups in total. The molecule has 0 amide bonds. The van der Waals surface area contributed by atoms with Crippen molar-refractivity contribution in [1.82, 2.24) is 10.2 Å². The molecule has 0 saturated heterocycles. The molecule has 0 saturated carbocycles. The van der Waals surface area contributed by atoms with Gasteiger partial charge in [-0.2, -0.15) is 0 Å². The standard InChI is InChI=1S/C14H26N2S/c1-7-8-14(12(2)3)11-17-13(4)15-9-10-16(5)6/h7,11-12,15H,1,4,8-10H2,2-3,5-6H3/b14-11+. The Kier molecular flexibility index (Phi) is 9.00. The van der Waals surface area contributed by atoms with E-state index in [2.05, 4.69) is 56.7 Å². The highest BCUT2D eigenvalue weighted by molar-refractivity contribution is 8.05. The van der Waals surface area contributed by atoms with E-state index in [9.17, 15) is 0 Å². The summed E-state index contributed by atoms with van der Waals surface area (Å²) < 4.78 is 0. The van der Waals surface area contributed by atoms with Crippen LogP contribution in [0.2, 0.25) is 0 Å². The molecule has 17 heavy (non-hydrogen) atoms. The Morgan fingerprint density at radius 3 is 2.53 bits per heavy atom. The van der Waals surface area contributed by atoms with Crippen LogP contribution >= 0.6 is 11.8 Å². The summed E-state index contributed by atoms with van der Waals surface area (Å²) in [5.74, 6) is 0.565. The minimum atomic E-state index is 0.565. The van der Waals surface area contributed by atoms with Gasteiger partial charge < -0.3 is 10.2 Å². The van der Waals surface area contributed by atoms with E-state index in [0.717, 1.165) is 24.5 Å². The predicted molar refractivity (Wildman–Crippen MR) is 81.0 cm³/mol. The van der Waals surface area contributed by atoms with E-state index in [-0.39, 0.29) is 0 Å². The van der Waals surface area contributed by atoms with Crippen molar-refractivity contribution in [2.75, 3.05) is 27.2 Å². The van der Waals surface area contributed by atoms with E-state index in [1.54, 1.807) is 11.8 Å². The zero-order valence-corrected chi connectivity index (χ0v) is 12.4. The molecule has 0 aliphatic heterocycles. The van der Waals surface area contributed by atoms with Crippen LogP contribution in [0.5, 0.6) is 0 Å². The molecule has 98 valence electrons. The summed E-state index contributed by atoms with van der Waals surface area (Å²) in [4.78, 5) is 2.15. The van der Waals surface area contributed by atoms with Crippen LogP contribution in [-0.2, 0) is 0 Å². The molecule has 3 heteroatoms. The Hall–Kier alpha value is -0.670. The van der Waals surface area contributed by atoms with Crippen LogP contribution in [-0.4, -0.2) is 32.1 Å². The highest BCUT2D eigenvalue weighted by atomic mass is 32.2. The van der Waals surface area contributed by atoms with Crippen LogP contribution < -0.4 is 5.32 Å². The van der Waals surface area contributed by atoms with Crippen LogP contribution in [0.4, 0.5) is 0 Å². The Labute approximate surface area is 111 Å². The van der Waals surface area contributed by atoms with Crippen molar-refractivity contribution in [3.05, 3.63) is 35.2 Å². The first-order valence-electron chi connectivity index (χ1n) is 6.01. The summed E-state index contributed by atoms with van der Waals surface area (Å²) >= 11 is 1.67. The van der Waals surface area contributed by atoms with Gasteiger partial charge in [0.15, 0.2) is 0 Å². The normalized spacial score (nSPS) is 12.0. The molecular weight excluding hydrogens is 228 g/mol. The number of nitrogens with one attached hydrogen (secondary N) is 1. The third-order valence-electron chi connectivity index (χ3n) is 2.36. The Morgan fingerprint density at radius 2 is 2.06 bits per heavy atom. The van der Waals surface area contributed by atoms with Crippen LogP contribution in [0.15, 0.2) is 35.2 Å². The van der Waals surface area contributed by atoms with Crippen LogP contribution in [0.25, 0.3) is 0 Å². The molecule has 0 bridgehead atoms. The van der Waals surface area contributed by atoms with Crippen LogP contribution in [0.1, 0.15) is 20.3 Å². The van der Waals surface area contributed by atoms with Crippen molar-refractivity contribution in [3.8, 4) is 0 Å². The lowest BCUT2D eigenvalue weighted by molar-refractivity contribution is 0.409. The van der Waals surface area contributed by atoms with Gasteiger partial charge in [0.05, 0.1) is 5.03 Å². The molecule has 0 spiro atoms. The van der Waals surface area contributed by atoms with Gasteiger partial charge in [-0.1, -0.05) is 43.8 Å². The molecule has 0 atom stereocenters. The molecule has 0 aromatic carbocycles. The summed E-state index contributed by atoms with van der Waals surface area (Å²) in [5, 5.41) is 6.51. The topological polar surface area (TPSA) is 15.3 Å². The van der Waals surface area contributed by atoms with Gasteiger partial charge in [-0.05, 0) is 31.8 Å². The summed E-state index contributed by atoms with van der Waals surface area (Å²) in [6.07, 6.45) is 2.91. The highest BCUT2D eigenvalue weighted by Gasteiger charge is 2.01. The Balaban J connectivity index is 4.01. The van der Waals surface area contributed by atoms with Gasteiger partial charge in [0, 0.05) is 13.1 Å². The number of nitrogens with zero attached hydrogens (tertiary/aromatic N) is 1. The zero-order valence-electron chi connectivity index (χ0n) is 11.6. The van der Waals surface area contributed by atoms with Gasteiger partial charge in [-0.3, -0.25) is 0 Å². The molecule has 0 rings (SSSR count). The van der Waals surface area contributed by atoms with Crippen LogP contribution in [0, 0.1) is 5.92 Å². The monoisotopic (exact) mass is 254 g/mol. The average Bonchev–Trinajstić information content (AvgIpc) is 2.23. The smallest absolute Gasteiger partial charge is 0.0651 e. The second kappa shape index (κ2) is 9.37. The number of hydrogen-bond donors (Lipinski definition) is 1. The van der Waals surface area contributed by atoms with Crippen LogP contribution in [0.3, 0.4) is 0 Å². The average molecular weight is 254 g/mol. The first kappa shape index (κ1) is 16.3. The van der Waals surface area contributed by atoms with Gasteiger partial charge >= 0.3 is 0 Å². The van der Waals surface area contributed by atoms with Gasteiger partial charge in [0.1, 0.15) is 0 Å². The zero-order chi connectivity index (χ0) is 13.3. The number of hydrogen-bond acceptors (Lipinski definition) is 3. The first-order valence-corrected chi connectivity index (χ1v) is 6.89. The molecule has 0 aliphatic rings. The second-order valence-corrected chi connectivity index (χ2v) is 5.58. The lowest BCUT2D eigenvalue weighted by Gasteiger charge is -2.13. The quantitative estimate of drug-likeness (QED) is 0.634. The fourth-order valence-electron chi connectivity index (χ4n) is 1.19. The molecule has 0 fully saturated rings. The lowest BCUT2D eigenvalue weighted by atomic mass is 10.0. The van der Waals surface area contributed by atoms with E-state index < -0.39 is 0 Å². The molecule has 0 aliphatic carbocycles. The fourth-order valence-corrected chi connectivity index (χ4v) is 2.04. The van der Waals surface area contributed by atoms with Crippen molar-refractivity contribution in [2.45, 2.75) is 20.3 Å². The second-order valence-electron chi connectivity index (χ2n) is 4.61. The minimum Gasteiger partial charge on any atom is -0.379 e. The molecule has 0 aromatic heterocycles. The largest absolute Gasteiger partial charge is 0.379 e. The SMILES string of the molecule is C=CC/C(=C\SC(=C)NCCN(C)C)C(C)C. The molecule has 0 heterocycles. The van der Waals surface area contributed by atoms with Crippen molar-refractivity contribution >= 4 is 11.8 Å². The summed E-state index contributed by atoms with van der Waals surface area (Å²) in [6, 6.07) is 0. The summed E-state index contributed by atoms with van der Waals surface area (Å²) in [5.41, 5.74) is 1.40. The first-order chi connectivity index (χ1) is 7.97. The van der Waals surface area contributed by atoms with E-state index in [1.807, 2.05) is 6.08 Å². The maximum absolute atomic E-state index is 4.01. The molecule has 0 radical (unpaired) electrons. The van der Waals surface area contributed by atoms with E-state index in [1.165, 1.54) is 5.57 Å². The molecule has 0 aromatic rings. The molecular formula is C14H26N2S. The van der Waals surface area contributed by atoms with E-state index in [4.69, 9.17) is 0 Å². The Morgan fingerprint density at radius 1 is 1.41 bits per heavy atom. The Bertz CT molecular complexity index is 267. The predicted octanol–water partition coefficient (Wildman–Crippen LogP) is 3.46. The van der Waals surface area contributed by atoms with Crippen molar-refractivity contribution in [2.24, 2.45) is 5.92 Å². The molecule has 0 unspecified atom stereocenters. The molecule has 2 nitrogen and oxygen atoms in total. The maximum Gasteiger partial charge on any atom is 0.0651 e. The van der Waals surface area contributed by atoms with E-state index >= 15 is 0 Å². The maximum atomic E-state index is 4.01. The summed E-state index contributed by atoms with van der Waals surface area (Å²) in [7, 11) is 4.14.